The van der Waals surface area contributed by atoms with Crippen LogP contribution in [0.1, 0.15) is 6.42 Å². The van der Waals surface area contributed by atoms with Gasteiger partial charge >= 0.3 is 8.80 Å². The van der Waals surface area contributed by atoms with E-state index in [4.69, 9.17) is 13.3 Å². The summed E-state index contributed by atoms with van der Waals surface area (Å²) in [4.78, 5) is 0. The summed E-state index contributed by atoms with van der Waals surface area (Å²) in [6.07, 6.45) is 2.69. The van der Waals surface area contributed by atoms with Gasteiger partial charge in [-0.05, 0) is 6.42 Å². The number of rotatable bonds is 6. The van der Waals surface area contributed by atoms with Gasteiger partial charge in [0, 0.05) is 27.4 Å². The van der Waals surface area contributed by atoms with Crippen LogP contribution in [0.5, 0.6) is 0 Å². The molecule has 66 valence electrons. The molecule has 0 amide bonds. The minimum atomic E-state index is -2.31. The molecule has 0 bridgehead atoms. The van der Waals surface area contributed by atoms with Crippen LogP contribution < -0.4 is 0 Å². The molecule has 4 heteroatoms. The van der Waals surface area contributed by atoms with Gasteiger partial charge < -0.3 is 13.3 Å². The molecule has 0 atom stereocenters. The monoisotopic (exact) mass is 176 g/mol. The lowest BCUT2D eigenvalue weighted by atomic mass is 10.5. The first-order chi connectivity index (χ1) is 5.24. The highest BCUT2D eigenvalue weighted by Crippen LogP contribution is 2.14. The van der Waals surface area contributed by atoms with Crippen LogP contribution in [0.15, 0.2) is 12.7 Å². The van der Waals surface area contributed by atoms with Crippen molar-refractivity contribution in [2.45, 2.75) is 12.5 Å². The molecule has 3 nitrogen and oxygen atoms in total. The molecule has 0 aliphatic rings. The smallest absolute Gasteiger partial charge is 0.377 e. The third-order valence-corrected chi connectivity index (χ3v) is 4.35. The molecule has 11 heavy (non-hydrogen) atoms. The summed E-state index contributed by atoms with van der Waals surface area (Å²) >= 11 is 0. The lowest BCUT2D eigenvalue weighted by Gasteiger charge is -2.23. The second-order valence-electron chi connectivity index (χ2n) is 2.12. The van der Waals surface area contributed by atoms with E-state index in [-0.39, 0.29) is 0 Å². The molecule has 0 saturated carbocycles. The molecule has 0 N–H and O–H groups in total. The fourth-order valence-electron chi connectivity index (χ4n) is 0.835. The first kappa shape index (κ1) is 10.8. The summed E-state index contributed by atoms with van der Waals surface area (Å²) in [5, 5.41) is 0. The van der Waals surface area contributed by atoms with Gasteiger partial charge in [-0.1, -0.05) is 6.08 Å². The van der Waals surface area contributed by atoms with Crippen LogP contribution in [-0.4, -0.2) is 30.1 Å². The zero-order chi connectivity index (χ0) is 8.74. The average molecular weight is 176 g/mol. The molecular weight excluding hydrogens is 160 g/mol. The minimum absolute atomic E-state index is 0.792. The number of allylic oxidation sites excluding steroid dienone is 1. The Bertz CT molecular complexity index is 104. The summed E-state index contributed by atoms with van der Waals surface area (Å²) in [5.41, 5.74) is 0. The van der Waals surface area contributed by atoms with Crippen molar-refractivity contribution in [2.24, 2.45) is 0 Å². The second kappa shape index (κ2) is 5.48. The van der Waals surface area contributed by atoms with Gasteiger partial charge in [0.2, 0.25) is 0 Å². The molecule has 0 fully saturated rings. The number of hydrogen-bond donors (Lipinski definition) is 0. The summed E-state index contributed by atoms with van der Waals surface area (Å²) in [5.74, 6) is 0. The van der Waals surface area contributed by atoms with E-state index >= 15 is 0 Å². The maximum Gasteiger partial charge on any atom is 0.500 e. The van der Waals surface area contributed by atoms with Crippen LogP contribution in [0.2, 0.25) is 6.04 Å². The Labute approximate surface area is 69.3 Å². The van der Waals surface area contributed by atoms with E-state index in [2.05, 4.69) is 6.58 Å². The molecule has 0 unspecified atom stereocenters. The van der Waals surface area contributed by atoms with Crippen LogP contribution in [0.25, 0.3) is 0 Å². The Kier molecular flexibility index (Phi) is 5.40. The lowest BCUT2D eigenvalue weighted by Crippen LogP contribution is -2.42. The molecular formula is C7H16O3Si. The zero-order valence-electron chi connectivity index (χ0n) is 7.42. The van der Waals surface area contributed by atoms with E-state index in [1.165, 1.54) is 0 Å². The van der Waals surface area contributed by atoms with Crippen molar-refractivity contribution in [3.8, 4) is 0 Å². The van der Waals surface area contributed by atoms with Crippen molar-refractivity contribution in [1.82, 2.24) is 0 Å². The van der Waals surface area contributed by atoms with E-state index in [0.717, 1.165) is 12.5 Å². The Morgan fingerprint density at radius 2 is 1.64 bits per heavy atom. The molecule has 0 rings (SSSR count). The summed E-state index contributed by atoms with van der Waals surface area (Å²) in [6.45, 7) is 3.62. The zero-order valence-corrected chi connectivity index (χ0v) is 8.42. The summed E-state index contributed by atoms with van der Waals surface area (Å²) in [6, 6.07) is 0.792. The van der Waals surface area contributed by atoms with Gasteiger partial charge in [-0.3, -0.25) is 0 Å². The highest BCUT2D eigenvalue weighted by atomic mass is 28.4. The molecule has 0 radical (unpaired) electrons. The Morgan fingerprint density at radius 1 is 1.18 bits per heavy atom. The van der Waals surface area contributed by atoms with Gasteiger partial charge in [-0.25, -0.2) is 0 Å². The minimum Gasteiger partial charge on any atom is -0.377 e. The van der Waals surface area contributed by atoms with Crippen molar-refractivity contribution >= 4 is 8.80 Å². The molecule has 0 aromatic rings. The van der Waals surface area contributed by atoms with Crippen molar-refractivity contribution in [1.29, 1.82) is 0 Å². The van der Waals surface area contributed by atoms with E-state index in [9.17, 15) is 0 Å². The van der Waals surface area contributed by atoms with Crippen molar-refractivity contribution < 1.29 is 13.3 Å². The van der Waals surface area contributed by atoms with Crippen LogP contribution in [0.4, 0.5) is 0 Å². The predicted molar refractivity (Wildman–Crippen MR) is 46.4 cm³/mol. The van der Waals surface area contributed by atoms with Crippen LogP contribution in [-0.2, 0) is 13.3 Å². The van der Waals surface area contributed by atoms with Gasteiger partial charge in [0.1, 0.15) is 0 Å². The van der Waals surface area contributed by atoms with Crippen LogP contribution in [0, 0.1) is 0 Å². The quantitative estimate of drug-likeness (QED) is 0.453. The molecule has 0 heterocycles. The average Bonchev–Trinajstić information content (AvgIpc) is 2.08. The fraction of sp³-hybridized carbons (Fsp3) is 0.714. The molecule has 0 aliphatic heterocycles. The van der Waals surface area contributed by atoms with Crippen molar-refractivity contribution in [2.75, 3.05) is 21.3 Å². The van der Waals surface area contributed by atoms with Crippen molar-refractivity contribution in [3.05, 3.63) is 12.7 Å². The highest BCUT2D eigenvalue weighted by Gasteiger charge is 2.36. The Morgan fingerprint density at radius 3 is 1.91 bits per heavy atom. The van der Waals surface area contributed by atoms with E-state index in [1.54, 1.807) is 21.3 Å². The summed E-state index contributed by atoms with van der Waals surface area (Å²) < 4.78 is 15.6. The predicted octanol–water partition coefficient (Wildman–Crippen LogP) is 1.44. The lowest BCUT2D eigenvalue weighted by molar-refractivity contribution is 0.124. The van der Waals surface area contributed by atoms with E-state index in [1.807, 2.05) is 6.08 Å². The highest BCUT2D eigenvalue weighted by molar-refractivity contribution is 6.60. The normalized spacial score (nSPS) is 11.5. The van der Waals surface area contributed by atoms with Crippen molar-refractivity contribution in [3.63, 3.8) is 0 Å². The SMILES string of the molecule is C=CCC[Si](OC)(OC)OC. The Balaban J connectivity index is 3.93. The topological polar surface area (TPSA) is 27.7 Å². The second-order valence-corrected chi connectivity index (χ2v) is 5.21. The largest absolute Gasteiger partial charge is 0.500 e. The fourth-order valence-corrected chi connectivity index (χ4v) is 2.51. The van der Waals surface area contributed by atoms with Gasteiger partial charge in [0.25, 0.3) is 0 Å². The molecule has 0 spiro atoms. The van der Waals surface area contributed by atoms with E-state index < -0.39 is 8.80 Å². The van der Waals surface area contributed by atoms with Gasteiger partial charge in [0.15, 0.2) is 0 Å². The standard InChI is InChI=1S/C7H16O3Si/c1-5-6-7-11(8-2,9-3)10-4/h5H,1,6-7H2,2-4H3. The maximum absolute atomic E-state index is 5.18. The Hall–Kier alpha value is -0.163. The maximum atomic E-state index is 5.18. The van der Waals surface area contributed by atoms with Crippen LogP contribution in [0.3, 0.4) is 0 Å². The third kappa shape index (κ3) is 3.16. The van der Waals surface area contributed by atoms with Gasteiger partial charge in [-0.2, -0.15) is 0 Å². The number of hydrogen-bond acceptors (Lipinski definition) is 3. The first-order valence-electron chi connectivity index (χ1n) is 3.51. The first-order valence-corrected chi connectivity index (χ1v) is 5.44. The summed E-state index contributed by atoms with van der Waals surface area (Å²) in [7, 11) is 2.53. The molecule has 0 aromatic heterocycles. The molecule has 0 aliphatic carbocycles. The third-order valence-electron chi connectivity index (χ3n) is 1.59. The van der Waals surface area contributed by atoms with Gasteiger partial charge in [0.05, 0.1) is 0 Å². The molecule has 0 aromatic carbocycles. The van der Waals surface area contributed by atoms with Gasteiger partial charge in [-0.15, -0.1) is 6.58 Å². The molecule has 0 saturated heterocycles. The van der Waals surface area contributed by atoms with Crippen LogP contribution >= 0.6 is 0 Å². The van der Waals surface area contributed by atoms with E-state index in [0.29, 0.717) is 0 Å².